The number of carbonyl (C=O) groups excluding carboxylic acids is 1. The number of anilines is 2. The molecule has 24 heavy (non-hydrogen) atoms. The quantitative estimate of drug-likeness (QED) is 0.875. The van der Waals surface area contributed by atoms with Gasteiger partial charge >= 0.3 is 0 Å². The number of benzene rings is 1. The molecule has 2 heterocycles. The Morgan fingerprint density at radius 3 is 2.88 bits per heavy atom. The predicted molar refractivity (Wildman–Crippen MR) is 95.0 cm³/mol. The fraction of sp³-hybridized carbons (Fsp3) is 0.556. The van der Waals surface area contributed by atoms with Gasteiger partial charge in [0.1, 0.15) is 0 Å². The monoisotopic (exact) mass is 327 g/mol. The van der Waals surface area contributed by atoms with Crippen molar-refractivity contribution >= 4 is 17.3 Å². The summed E-state index contributed by atoms with van der Waals surface area (Å²) in [5.74, 6) is 0.0611. The molecule has 0 aromatic heterocycles. The number of likely N-dealkylation sites (N-methyl/N-ethyl adjacent to an activating group) is 1. The van der Waals surface area contributed by atoms with Crippen LogP contribution >= 0.6 is 0 Å². The lowest BCUT2D eigenvalue weighted by Gasteiger charge is -2.48. The third kappa shape index (κ3) is 3.46. The summed E-state index contributed by atoms with van der Waals surface area (Å²) in [7, 11) is 1.77. The second-order valence-electron chi connectivity index (χ2n) is 6.75. The molecule has 1 amide bonds. The molecule has 2 aliphatic rings. The minimum atomic E-state index is 0.0328. The molecule has 128 valence electrons. The summed E-state index contributed by atoms with van der Waals surface area (Å²) in [5, 5.41) is 15.8. The number of hydrogen-bond donors (Lipinski definition) is 2. The SMILES string of the molecule is CN(CCC#N)C(=O)CN1CC2(CCNCC2)Nc2ccccc21. The fourth-order valence-electron chi connectivity index (χ4n) is 3.59. The molecule has 3 rings (SSSR count). The molecule has 2 N–H and O–H groups in total. The zero-order chi connectivity index (χ0) is 17.0. The average Bonchev–Trinajstić information content (AvgIpc) is 2.60. The molecule has 0 atom stereocenters. The molecule has 1 aromatic rings. The van der Waals surface area contributed by atoms with Gasteiger partial charge in [-0.05, 0) is 38.1 Å². The first-order valence-corrected chi connectivity index (χ1v) is 8.57. The van der Waals surface area contributed by atoms with E-state index in [0.717, 1.165) is 43.9 Å². The van der Waals surface area contributed by atoms with Crippen molar-refractivity contribution in [2.45, 2.75) is 24.8 Å². The molecule has 0 bridgehead atoms. The molecule has 0 radical (unpaired) electrons. The molecular weight excluding hydrogens is 302 g/mol. The van der Waals surface area contributed by atoms with Crippen molar-refractivity contribution in [2.75, 3.05) is 50.0 Å². The van der Waals surface area contributed by atoms with Gasteiger partial charge in [-0.25, -0.2) is 0 Å². The third-order valence-electron chi connectivity index (χ3n) is 5.01. The molecule has 1 saturated heterocycles. The zero-order valence-corrected chi connectivity index (χ0v) is 14.2. The molecule has 0 saturated carbocycles. The normalized spacial score (nSPS) is 18.4. The van der Waals surface area contributed by atoms with Crippen molar-refractivity contribution in [1.29, 1.82) is 5.26 Å². The lowest BCUT2D eigenvalue weighted by Crippen LogP contribution is -2.58. The van der Waals surface area contributed by atoms with Gasteiger partial charge in [-0.1, -0.05) is 12.1 Å². The van der Waals surface area contributed by atoms with Crippen molar-refractivity contribution in [3.8, 4) is 6.07 Å². The van der Waals surface area contributed by atoms with Crippen LogP contribution in [-0.4, -0.2) is 56.1 Å². The number of nitrogens with zero attached hydrogens (tertiary/aromatic N) is 3. The molecule has 6 heteroatoms. The molecule has 6 nitrogen and oxygen atoms in total. The number of para-hydroxylation sites is 2. The topological polar surface area (TPSA) is 71.4 Å². The minimum absolute atomic E-state index is 0.0328. The van der Waals surface area contributed by atoms with Crippen LogP contribution < -0.4 is 15.5 Å². The smallest absolute Gasteiger partial charge is 0.241 e. The summed E-state index contributed by atoms with van der Waals surface area (Å²) in [4.78, 5) is 16.4. The molecular formula is C18H25N5O. The van der Waals surface area contributed by atoms with Crippen molar-refractivity contribution in [2.24, 2.45) is 0 Å². The van der Waals surface area contributed by atoms with Crippen LogP contribution in [0, 0.1) is 11.3 Å². The lowest BCUT2D eigenvalue weighted by atomic mass is 9.85. The Morgan fingerprint density at radius 2 is 2.12 bits per heavy atom. The van der Waals surface area contributed by atoms with Gasteiger partial charge in [-0.15, -0.1) is 0 Å². The summed E-state index contributed by atoms with van der Waals surface area (Å²) in [5.41, 5.74) is 2.23. The van der Waals surface area contributed by atoms with Gasteiger partial charge in [-0.3, -0.25) is 4.79 Å². The van der Waals surface area contributed by atoms with Gasteiger partial charge < -0.3 is 20.4 Å². The summed E-state index contributed by atoms with van der Waals surface area (Å²) in [6.45, 7) is 3.68. The first-order valence-electron chi connectivity index (χ1n) is 8.57. The summed E-state index contributed by atoms with van der Waals surface area (Å²) >= 11 is 0. The predicted octanol–water partition coefficient (Wildman–Crippen LogP) is 1.41. The van der Waals surface area contributed by atoms with Gasteiger partial charge in [0, 0.05) is 20.1 Å². The molecule has 2 aliphatic heterocycles. The highest BCUT2D eigenvalue weighted by molar-refractivity contribution is 5.84. The summed E-state index contributed by atoms with van der Waals surface area (Å²) in [6.07, 6.45) is 2.47. The van der Waals surface area contributed by atoms with Gasteiger partial charge in [0.2, 0.25) is 5.91 Å². The first kappa shape index (κ1) is 16.6. The number of fused-ring (bicyclic) bond motifs is 1. The molecule has 0 unspecified atom stereocenters. The van der Waals surface area contributed by atoms with E-state index in [2.05, 4.69) is 33.7 Å². The van der Waals surface area contributed by atoms with Crippen LogP contribution in [0.1, 0.15) is 19.3 Å². The molecule has 0 aliphatic carbocycles. The Morgan fingerprint density at radius 1 is 1.38 bits per heavy atom. The number of carbonyl (C=O) groups is 1. The van der Waals surface area contributed by atoms with E-state index in [0.29, 0.717) is 19.5 Å². The van der Waals surface area contributed by atoms with Gasteiger partial charge in [0.25, 0.3) is 0 Å². The van der Waals surface area contributed by atoms with E-state index in [1.165, 1.54) is 0 Å². The second-order valence-corrected chi connectivity index (χ2v) is 6.75. The third-order valence-corrected chi connectivity index (χ3v) is 5.01. The lowest BCUT2D eigenvalue weighted by molar-refractivity contribution is -0.128. The van der Waals surface area contributed by atoms with Crippen LogP contribution in [0.3, 0.4) is 0 Å². The van der Waals surface area contributed by atoms with Crippen molar-refractivity contribution < 1.29 is 4.79 Å². The van der Waals surface area contributed by atoms with Gasteiger partial charge in [0.05, 0.1) is 35.9 Å². The van der Waals surface area contributed by atoms with E-state index in [4.69, 9.17) is 5.26 Å². The highest BCUT2D eigenvalue weighted by Gasteiger charge is 2.38. The highest BCUT2D eigenvalue weighted by Crippen LogP contribution is 2.37. The number of amides is 1. The Hall–Kier alpha value is -2.26. The van der Waals surface area contributed by atoms with E-state index >= 15 is 0 Å². The Balaban J connectivity index is 1.78. The first-order chi connectivity index (χ1) is 11.6. The number of rotatable bonds is 4. The number of nitriles is 1. The van der Waals surface area contributed by atoms with Gasteiger partial charge in [0.15, 0.2) is 0 Å². The van der Waals surface area contributed by atoms with Crippen molar-refractivity contribution in [3.63, 3.8) is 0 Å². The zero-order valence-electron chi connectivity index (χ0n) is 14.2. The Labute approximate surface area is 143 Å². The highest BCUT2D eigenvalue weighted by atomic mass is 16.2. The average molecular weight is 327 g/mol. The summed E-state index contributed by atoms with van der Waals surface area (Å²) in [6, 6.07) is 10.3. The van der Waals surface area contributed by atoms with E-state index in [9.17, 15) is 4.79 Å². The molecule has 1 fully saturated rings. The maximum Gasteiger partial charge on any atom is 0.241 e. The minimum Gasteiger partial charge on any atom is -0.376 e. The number of hydrogen-bond acceptors (Lipinski definition) is 5. The van der Waals surface area contributed by atoms with Crippen LogP contribution in [0.2, 0.25) is 0 Å². The van der Waals surface area contributed by atoms with Crippen molar-refractivity contribution in [1.82, 2.24) is 10.2 Å². The van der Waals surface area contributed by atoms with Crippen LogP contribution in [0.5, 0.6) is 0 Å². The van der Waals surface area contributed by atoms with E-state index in [-0.39, 0.29) is 11.4 Å². The fourth-order valence-corrected chi connectivity index (χ4v) is 3.59. The van der Waals surface area contributed by atoms with Crippen LogP contribution in [0.4, 0.5) is 11.4 Å². The Kier molecular flexibility index (Phi) is 4.91. The standard InChI is InChI=1S/C18H25N5O/c1-22(12-4-9-19)17(24)13-23-14-18(7-10-20-11-8-18)21-15-5-2-3-6-16(15)23/h2-3,5-6,20-21H,4,7-8,10-14H2,1H3. The second kappa shape index (κ2) is 7.10. The van der Waals surface area contributed by atoms with Crippen LogP contribution in [-0.2, 0) is 4.79 Å². The number of piperidine rings is 1. The van der Waals surface area contributed by atoms with E-state index in [1.807, 2.05) is 12.1 Å². The van der Waals surface area contributed by atoms with E-state index in [1.54, 1.807) is 11.9 Å². The van der Waals surface area contributed by atoms with Gasteiger partial charge in [-0.2, -0.15) is 5.26 Å². The number of nitrogens with one attached hydrogen (secondary N) is 2. The molecule has 1 aromatic carbocycles. The van der Waals surface area contributed by atoms with Crippen LogP contribution in [0.15, 0.2) is 24.3 Å². The molecule has 1 spiro atoms. The maximum atomic E-state index is 12.5. The largest absolute Gasteiger partial charge is 0.376 e. The van der Waals surface area contributed by atoms with Crippen molar-refractivity contribution in [3.05, 3.63) is 24.3 Å². The summed E-state index contributed by atoms with van der Waals surface area (Å²) < 4.78 is 0. The maximum absolute atomic E-state index is 12.5. The van der Waals surface area contributed by atoms with Crippen LogP contribution in [0.25, 0.3) is 0 Å². The Bertz CT molecular complexity index is 633. The van der Waals surface area contributed by atoms with E-state index < -0.39 is 0 Å².